The van der Waals surface area contributed by atoms with Crippen molar-refractivity contribution in [1.82, 2.24) is 5.32 Å². The van der Waals surface area contributed by atoms with Gasteiger partial charge in [0.25, 0.3) is 10.1 Å². The minimum atomic E-state index is -4.65. The number of rotatable bonds is 18. The molecule has 0 spiro atoms. The number of allylic oxidation sites excluding steroid dienone is 5. The molecule has 73 heavy (non-hydrogen) atoms. The molecule has 1 atom stereocenters. The lowest BCUT2D eigenvalue weighted by Crippen LogP contribution is -2.39. The largest absolute Gasteiger partial charge is 0.507 e. The Hall–Kier alpha value is -7.26. The Morgan fingerprint density at radius 2 is 1.66 bits per heavy atom. The van der Waals surface area contributed by atoms with Crippen molar-refractivity contribution in [2.75, 3.05) is 22.9 Å². The third kappa shape index (κ3) is 10.1. The summed E-state index contributed by atoms with van der Waals surface area (Å²) in [6.07, 6.45) is 10.6. The summed E-state index contributed by atoms with van der Waals surface area (Å²) in [5.74, 6) is -3.29. The molecule has 0 aromatic heterocycles. The summed E-state index contributed by atoms with van der Waals surface area (Å²) in [5.41, 5.74) is 3.07. The number of benzene rings is 5. The summed E-state index contributed by atoms with van der Waals surface area (Å²) < 4.78 is 46.9. The molecule has 3 aliphatic heterocycles. The number of likely N-dealkylation sites (N-methyl/N-ethyl adjacent to an activating group) is 1. The number of para-hydroxylation sites is 1. The highest BCUT2D eigenvalue weighted by atomic mass is 32.2. The van der Waals surface area contributed by atoms with E-state index in [0.717, 1.165) is 46.5 Å². The predicted octanol–water partition coefficient (Wildman–Crippen LogP) is 10.1. The van der Waals surface area contributed by atoms with Gasteiger partial charge >= 0.3 is 11.9 Å². The SMILES string of the molecule is CCN1c2ccc(SOOO)cc2C(C)(C)C1/C=C/C=C/C=C1/N(CCCCC(=O)NCc2c(O)ccc3c(-c4ccc(C(=O)O)cc4C(=O)O)c4ccc(=O)cc-4oc23)c2c(cccc2S(=O)(=O)O)C1(C)C. The Balaban J connectivity index is 1.01. The molecule has 4 aromatic carbocycles. The Kier molecular flexibility index (Phi) is 14.8. The van der Waals surface area contributed by atoms with Gasteiger partial charge in [0.2, 0.25) is 5.91 Å². The summed E-state index contributed by atoms with van der Waals surface area (Å²) in [4.78, 5) is 55.0. The number of nitrogens with zero attached hydrogens (tertiary/aromatic N) is 2. The number of hydrogen-bond acceptors (Lipinski definition) is 14. The van der Waals surface area contributed by atoms with Crippen LogP contribution >= 0.6 is 12.0 Å². The van der Waals surface area contributed by atoms with Gasteiger partial charge in [0.1, 0.15) is 22.0 Å². The number of phenolic OH excluding ortho intramolecular Hbond substituents is 1. The second-order valence-corrected chi connectivity index (χ2v) is 20.9. The van der Waals surface area contributed by atoms with E-state index in [2.05, 4.69) is 46.4 Å². The summed E-state index contributed by atoms with van der Waals surface area (Å²) in [6.45, 7) is 11.2. The Bertz CT molecular complexity index is 3410. The zero-order valence-corrected chi connectivity index (χ0v) is 42.0. The first-order valence-electron chi connectivity index (χ1n) is 23.3. The van der Waals surface area contributed by atoms with Gasteiger partial charge in [0.15, 0.2) is 5.43 Å². The number of phenols is 1. The first-order chi connectivity index (χ1) is 34.7. The van der Waals surface area contributed by atoms with Crippen LogP contribution in [0.5, 0.6) is 5.75 Å². The molecule has 1 amide bonds. The van der Waals surface area contributed by atoms with Gasteiger partial charge in [-0.1, -0.05) is 75.2 Å². The van der Waals surface area contributed by atoms with Gasteiger partial charge in [-0.25, -0.2) is 14.8 Å². The summed E-state index contributed by atoms with van der Waals surface area (Å²) >= 11 is 0.907. The fraction of sp³-hybridized carbons (Fsp3) is 0.259. The first kappa shape index (κ1) is 52.1. The molecule has 0 saturated heterocycles. The Labute approximate surface area is 424 Å². The van der Waals surface area contributed by atoms with E-state index >= 15 is 0 Å². The van der Waals surface area contributed by atoms with Crippen molar-refractivity contribution >= 4 is 62.4 Å². The highest BCUT2D eigenvalue weighted by Gasteiger charge is 2.44. The first-order valence-corrected chi connectivity index (χ1v) is 25.5. The number of carbonyl (C=O) groups is 3. The van der Waals surface area contributed by atoms with Crippen LogP contribution in [-0.4, -0.2) is 70.5 Å². The van der Waals surface area contributed by atoms with Crippen LogP contribution in [-0.2, 0) is 41.7 Å². The van der Waals surface area contributed by atoms with Crippen LogP contribution in [0.4, 0.5) is 11.4 Å². The van der Waals surface area contributed by atoms with Crippen LogP contribution in [0.2, 0.25) is 0 Å². The van der Waals surface area contributed by atoms with Crippen molar-refractivity contribution in [2.24, 2.45) is 0 Å². The number of aromatic hydroxyl groups is 1. The van der Waals surface area contributed by atoms with Gasteiger partial charge in [0, 0.05) is 69.2 Å². The highest BCUT2D eigenvalue weighted by molar-refractivity contribution is 7.94. The zero-order valence-electron chi connectivity index (χ0n) is 40.4. The van der Waals surface area contributed by atoms with E-state index in [-0.39, 0.29) is 81.1 Å². The minimum absolute atomic E-state index is 0.00169. The lowest BCUT2D eigenvalue weighted by molar-refractivity contribution is -0.432. The maximum atomic E-state index is 13.5. The molecular weight excluding hydrogens is 979 g/mol. The molecule has 6 N–H and O–H groups in total. The lowest BCUT2D eigenvalue weighted by atomic mass is 9.80. The van der Waals surface area contributed by atoms with Gasteiger partial charge in [-0.15, -0.1) is 4.33 Å². The molecule has 0 bridgehead atoms. The van der Waals surface area contributed by atoms with Crippen LogP contribution < -0.4 is 20.5 Å². The van der Waals surface area contributed by atoms with E-state index in [4.69, 9.17) is 9.67 Å². The van der Waals surface area contributed by atoms with Crippen molar-refractivity contribution in [3.8, 4) is 28.2 Å². The average Bonchev–Trinajstić information content (AvgIpc) is 3.70. The Morgan fingerprint density at radius 3 is 2.37 bits per heavy atom. The molecule has 3 heterocycles. The van der Waals surface area contributed by atoms with Crippen LogP contribution in [0.1, 0.15) is 91.3 Å². The topological polar surface area (TPSA) is 254 Å². The molecule has 8 rings (SSSR count). The monoisotopic (exact) mass is 1030 g/mol. The van der Waals surface area contributed by atoms with Crippen LogP contribution in [0, 0.1) is 0 Å². The van der Waals surface area contributed by atoms with E-state index in [1.807, 2.05) is 67.3 Å². The number of carbonyl (C=O) groups excluding carboxylic acids is 1. The van der Waals surface area contributed by atoms with E-state index in [0.29, 0.717) is 40.6 Å². The number of carboxylic acids is 2. The number of nitrogens with one attached hydrogen (secondary N) is 1. The highest BCUT2D eigenvalue weighted by Crippen LogP contribution is 2.51. The molecule has 0 fully saturated rings. The number of hydrogen-bond donors (Lipinski definition) is 6. The average molecular weight is 1030 g/mol. The fourth-order valence-corrected chi connectivity index (χ4v) is 11.3. The van der Waals surface area contributed by atoms with Crippen molar-refractivity contribution in [3.05, 3.63) is 159 Å². The minimum Gasteiger partial charge on any atom is -0.507 e. The van der Waals surface area contributed by atoms with Crippen LogP contribution in [0.15, 0.2) is 140 Å². The van der Waals surface area contributed by atoms with Gasteiger partial charge in [-0.2, -0.15) is 8.42 Å². The van der Waals surface area contributed by atoms with E-state index < -0.39 is 32.9 Å². The summed E-state index contributed by atoms with van der Waals surface area (Å²) in [6, 6.07) is 21.3. The number of amides is 1. The number of carboxylic acid groups (broad SMARTS) is 2. The summed E-state index contributed by atoms with van der Waals surface area (Å²) in [7, 11) is -4.65. The smallest absolute Gasteiger partial charge is 0.336 e. The van der Waals surface area contributed by atoms with Gasteiger partial charge in [0.05, 0.1) is 47.0 Å². The Morgan fingerprint density at radius 1 is 0.890 bits per heavy atom. The number of anilines is 2. The van der Waals surface area contributed by atoms with Gasteiger partial charge in [-0.3, -0.25) is 14.1 Å². The van der Waals surface area contributed by atoms with Gasteiger partial charge < -0.3 is 34.9 Å². The lowest BCUT2D eigenvalue weighted by Gasteiger charge is -2.31. The number of unbranched alkanes of at least 4 members (excludes halogenated alkanes) is 1. The summed E-state index contributed by atoms with van der Waals surface area (Å²) in [5, 5.41) is 46.5. The molecule has 17 nitrogen and oxygen atoms in total. The van der Waals surface area contributed by atoms with Crippen LogP contribution in [0.25, 0.3) is 33.4 Å². The standard InChI is InChI=1S/C54H53N3O14S2/c1-6-56-41-24-20-33(72-71-70-65)29-40(41)54(4,5)45(56)15-8-7-9-16-46-53(2,3)39-13-12-14-44(73(66,67)68)49(39)57(46)26-11-10-17-47(60)55-30-38-42(59)25-23-36-48(35-22-19-32(58)28-43(35)69-50(36)38)34-21-18-31(51(61)62)27-37(34)52(63)64/h7-9,12-16,18-25,27-29,45,59,65H,6,10-11,17,26,30H2,1-5H3,(H,55,60)(H,61,62)(H,63,64)(H,66,67,68)/b9-7+,15-8+,46-16+. The molecule has 4 aliphatic rings. The van der Waals surface area contributed by atoms with Crippen molar-refractivity contribution in [2.45, 2.75) is 87.1 Å². The van der Waals surface area contributed by atoms with E-state index in [1.54, 1.807) is 6.07 Å². The number of aromatic carboxylic acids is 2. The molecule has 0 saturated carbocycles. The molecule has 1 unspecified atom stereocenters. The van der Waals surface area contributed by atoms with E-state index in [9.17, 15) is 47.5 Å². The molecule has 19 heteroatoms. The predicted molar refractivity (Wildman–Crippen MR) is 276 cm³/mol. The third-order valence-electron chi connectivity index (χ3n) is 13.7. The number of fused-ring (bicyclic) bond motifs is 4. The normalized spacial score (nSPS) is 16.5. The second-order valence-electron chi connectivity index (χ2n) is 18.8. The zero-order chi connectivity index (χ0) is 52.6. The maximum Gasteiger partial charge on any atom is 0.336 e. The molecule has 0 radical (unpaired) electrons. The molecule has 380 valence electrons. The van der Waals surface area contributed by atoms with Crippen molar-refractivity contribution in [3.63, 3.8) is 0 Å². The molecular formula is C54H53N3O14S2. The van der Waals surface area contributed by atoms with Crippen molar-refractivity contribution in [1.29, 1.82) is 0 Å². The molecule has 1 aliphatic carbocycles. The third-order valence-corrected chi connectivity index (χ3v) is 15.1. The van der Waals surface area contributed by atoms with Crippen molar-refractivity contribution < 1.29 is 61.7 Å². The molecule has 4 aromatic rings. The van der Waals surface area contributed by atoms with Gasteiger partial charge in [-0.05, 0) is 103 Å². The quantitative estimate of drug-likeness (QED) is 0.00890. The van der Waals surface area contributed by atoms with E-state index in [1.165, 1.54) is 48.5 Å². The second kappa shape index (κ2) is 20.7. The van der Waals surface area contributed by atoms with Crippen LogP contribution in [0.3, 0.4) is 0 Å². The fourth-order valence-electron chi connectivity index (χ4n) is 10.2. The maximum absolute atomic E-state index is 13.5.